The zero-order valence-electron chi connectivity index (χ0n) is 15.6. The Morgan fingerprint density at radius 1 is 1.11 bits per heavy atom. The maximum Gasteiger partial charge on any atom is 0.230 e. The molecule has 0 aliphatic rings. The lowest BCUT2D eigenvalue weighted by molar-refractivity contribution is -0.115. The highest BCUT2D eigenvalue weighted by Crippen LogP contribution is 2.29. The minimum absolute atomic E-state index is 0.142. The molecule has 6 heteroatoms. The van der Waals surface area contributed by atoms with E-state index in [0.29, 0.717) is 17.2 Å². The molecule has 0 radical (unpaired) electrons. The van der Waals surface area contributed by atoms with Crippen LogP contribution in [0, 0.1) is 0 Å². The summed E-state index contributed by atoms with van der Waals surface area (Å²) < 4.78 is 10.5. The van der Waals surface area contributed by atoms with E-state index in [0.717, 1.165) is 22.7 Å². The number of hydrogen-bond acceptors (Lipinski definition) is 5. The van der Waals surface area contributed by atoms with Crippen molar-refractivity contribution in [1.29, 1.82) is 0 Å². The number of aryl methyl sites for hydroxylation is 1. The van der Waals surface area contributed by atoms with Gasteiger partial charge in [0, 0.05) is 17.0 Å². The van der Waals surface area contributed by atoms with Crippen LogP contribution in [-0.2, 0) is 17.6 Å². The molecule has 1 N–H and O–H groups in total. The molecule has 0 atom stereocenters. The molecule has 2 aromatic carbocycles. The van der Waals surface area contributed by atoms with Gasteiger partial charge in [-0.3, -0.25) is 4.79 Å². The SMILES string of the molecule is CCc1ccc(-c2nc(CC(=O)Nc3ccc(OC)cc3OC)cs2)cc1. The molecule has 1 amide bonds. The first-order chi connectivity index (χ1) is 13.1. The maximum atomic E-state index is 12.4. The van der Waals surface area contributed by atoms with Crippen LogP contribution in [0.5, 0.6) is 11.5 Å². The largest absolute Gasteiger partial charge is 0.497 e. The predicted molar refractivity (Wildman–Crippen MR) is 109 cm³/mol. The third-order valence-electron chi connectivity index (χ3n) is 4.19. The topological polar surface area (TPSA) is 60.5 Å². The molecule has 0 spiro atoms. The number of nitrogens with zero attached hydrogens (tertiary/aromatic N) is 1. The van der Waals surface area contributed by atoms with Crippen LogP contribution in [0.15, 0.2) is 47.8 Å². The second-order valence-corrected chi connectivity index (χ2v) is 6.84. The van der Waals surface area contributed by atoms with Crippen LogP contribution in [-0.4, -0.2) is 25.1 Å². The summed E-state index contributed by atoms with van der Waals surface area (Å²) in [4.78, 5) is 17.0. The third-order valence-corrected chi connectivity index (χ3v) is 5.13. The van der Waals surface area contributed by atoms with Crippen molar-refractivity contribution in [2.24, 2.45) is 0 Å². The number of carbonyl (C=O) groups is 1. The van der Waals surface area contributed by atoms with E-state index in [9.17, 15) is 4.79 Å². The van der Waals surface area contributed by atoms with Gasteiger partial charge in [0.25, 0.3) is 0 Å². The number of thiazole rings is 1. The summed E-state index contributed by atoms with van der Waals surface area (Å²) in [5.74, 6) is 1.08. The molecule has 0 unspecified atom stereocenters. The van der Waals surface area contributed by atoms with Crippen LogP contribution in [0.4, 0.5) is 5.69 Å². The van der Waals surface area contributed by atoms with Crippen LogP contribution in [0.2, 0.25) is 0 Å². The number of anilines is 1. The number of hydrogen-bond donors (Lipinski definition) is 1. The number of amides is 1. The molecule has 0 aliphatic heterocycles. The van der Waals surface area contributed by atoms with Crippen LogP contribution >= 0.6 is 11.3 Å². The molecular weight excluding hydrogens is 360 g/mol. The number of nitrogens with one attached hydrogen (secondary N) is 1. The van der Waals surface area contributed by atoms with Crippen LogP contribution < -0.4 is 14.8 Å². The summed E-state index contributed by atoms with van der Waals surface area (Å²) in [6.45, 7) is 2.13. The second-order valence-electron chi connectivity index (χ2n) is 5.99. The molecule has 140 valence electrons. The van der Waals surface area contributed by atoms with Crippen LogP contribution in [0.1, 0.15) is 18.2 Å². The van der Waals surface area contributed by atoms with Gasteiger partial charge in [0.1, 0.15) is 16.5 Å². The van der Waals surface area contributed by atoms with Crippen molar-refractivity contribution in [3.8, 4) is 22.1 Å². The summed E-state index contributed by atoms with van der Waals surface area (Å²) in [7, 11) is 3.14. The zero-order valence-corrected chi connectivity index (χ0v) is 16.4. The Hall–Kier alpha value is -2.86. The van der Waals surface area contributed by atoms with Crippen LogP contribution in [0.3, 0.4) is 0 Å². The first-order valence-electron chi connectivity index (χ1n) is 8.68. The lowest BCUT2D eigenvalue weighted by atomic mass is 10.1. The zero-order chi connectivity index (χ0) is 19.2. The molecule has 27 heavy (non-hydrogen) atoms. The molecule has 3 aromatic rings. The Morgan fingerprint density at radius 2 is 1.89 bits per heavy atom. The average molecular weight is 382 g/mol. The number of rotatable bonds is 7. The number of carbonyl (C=O) groups excluding carboxylic acids is 1. The molecule has 5 nitrogen and oxygen atoms in total. The number of benzene rings is 2. The van der Waals surface area contributed by atoms with Crippen molar-refractivity contribution in [1.82, 2.24) is 4.98 Å². The van der Waals surface area contributed by atoms with Gasteiger partial charge in [-0.1, -0.05) is 31.2 Å². The van der Waals surface area contributed by atoms with Gasteiger partial charge in [-0.25, -0.2) is 4.98 Å². The highest BCUT2D eigenvalue weighted by Gasteiger charge is 2.12. The Kier molecular flexibility index (Phi) is 6.08. The van der Waals surface area contributed by atoms with E-state index >= 15 is 0 Å². The minimum atomic E-state index is -0.142. The molecule has 1 heterocycles. The van der Waals surface area contributed by atoms with Crippen molar-refractivity contribution in [2.45, 2.75) is 19.8 Å². The number of ether oxygens (including phenoxy) is 2. The molecule has 1 aromatic heterocycles. The normalized spacial score (nSPS) is 10.5. The van der Waals surface area contributed by atoms with Gasteiger partial charge in [0.2, 0.25) is 5.91 Å². The second kappa shape index (κ2) is 8.68. The summed E-state index contributed by atoms with van der Waals surface area (Å²) in [5.41, 5.74) is 3.72. The Balaban J connectivity index is 1.67. The van der Waals surface area contributed by atoms with Crippen LogP contribution in [0.25, 0.3) is 10.6 Å². The molecular formula is C21H22N2O3S. The molecule has 0 fully saturated rings. The fourth-order valence-corrected chi connectivity index (χ4v) is 3.49. The van der Waals surface area contributed by atoms with Gasteiger partial charge in [-0.05, 0) is 24.1 Å². The lowest BCUT2D eigenvalue weighted by Gasteiger charge is -2.11. The van der Waals surface area contributed by atoms with E-state index < -0.39 is 0 Å². The molecule has 0 aliphatic carbocycles. The highest BCUT2D eigenvalue weighted by atomic mass is 32.1. The molecule has 0 saturated carbocycles. The van der Waals surface area contributed by atoms with Crippen molar-refractivity contribution >= 4 is 22.9 Å². The smallest absolute Gasteiger partial charge is 0.230 e. The Labute approximate surface area is 163 Å². The van der Waals surface area contributed by atoms with Gasteiger partial charge in [-0.2, -0.15) is 0 Å². The monoisotopic (exact) mass is 382 g/mol. The van der Waals surface area contributed by atoms with Gasteiger partial charge in [0.05, 0.1) is 32.0 Å². The fourth-order valence-electron chi connectivity index (χ4n) is 2.66. The van der Waals surface area contributed by atoms with Gasteiger partial charge in [0.15, 0.2) is 0 Å². The average Bonchev–Trinajstić information content (AvgIpc) is 3.16. The lowest BCUT2D eigenvalue weighted by Crippen LogP contribution is -2.15. The van der Waals surface area contributed by atoms with Gasteiger partial charge >= 0.3 is 0 Å². The van der Waals surface area contributed by atoms with E-state index in [-0.39, 0.29) is 12.3 Å². The Bertz CT molecular complexity index is 919. The fraction of sp³-hybridized carbons (Fsp3) is 0.238. The van der Waals surface area contributed by atoms with E-state index in [2.05, 4.69) is 41.5 Å². The molecule has 0 bridgehead atoms. The number of methoxy groups -OCH3 is 2. The van der Waals surface area contributed by atoms with E-state index in [1.807, 2.05) is 5.38 Å². The summed E-state index contributed by atoms with van der Waals surface area (Å²) >= 11 is 1.54. The van der Waals surface area contributed by atoms with Crippen molar-refractivity contribution in [3.63, 3.8) is 0 Å². The quantitative estimate of drug-likeness (QED) is 0.650. The third kappa shape index (κ3) is 4.65. The predicted octanol–water partition coefficient (Wildman–Crippen LogP) is 4.57. The summed E-state index contributed by atoms with van der Waals surface area (Å²) in [6, 6.07) is 13.6. The maximum absolute atomic E-state index is 12.4. The Morgan fingerprint density at radius 3 is 2.56 bits per heavy atom. The first-order valence-corrected chi connectivity index (χ1v) is 9.56. The van der Waals surface area contributed by atoms with Gasteiger partial charge < -0.3 is 14.8 Å². The summed E-state index contributed by atoms with van der Waals surface area (Å²) in [6.07, 6.45) is 1.22. The van der Waals surface area contributed by atoms with Crippen molar-refractivity contribution < 1.29 is 14.3 Å². The molecule has 0 saturated heterocycles. The highest BCUT2D eigenvalue weighted by molar-refractivity contribution is 7.13. The van der Waals surface area contributed by atoms with Crippen molar-refractivity contribution in [3.05, 3.63) is 59.1 Å². The number of aromatic nitrogens is 1. The van der Waals surface area contributed by atoms with E-state index in [1.54, 1.807) is 43.8 Å². The minimum Gasteiger partial charge on any atom is -0.497 e. The van der Waals surface area contributed by atoms with E-state index in [1.165, 1.54) is 5.56 Å². The summed E-state index contributed by atoms with van der Waals surface area (Å²) in [5, 5.41) is 5.71. The van der Waals surface area contributed by atoms with E-state index in [4.69, 9.17) is 9.47 Å². The molecule has 3 rings (SSSR count). The van der Waals surface area contributed by atoms with Gasteiger partial charge in [-0.15, -0.1) is 11.3 Å². The van der Waals surface area contributed by atoms with Crippen molar-refractivity contribution in [2.75, 3.05) is 19.5 Å². The standard InChI is InChI=1S/C21H22N2O3S/c1-4-14-5-7-15(8-6-14)21-22-16(13-27-21)11-20(24)23-18-10-9-17(25-2)12-19(18)26-3/h5-10,12-13H,4,11H2,1-3H3,(H,23,24). The first kappa shape index (κ1) is 18.9.